The van der Waals surface area contributed by atoms with E-state index in [4.69, 9.17) is 14.2 Å². The number of morpholine rings is 1. The Morgan fingerprint density at radius 3 is 2.15 bits per heavy atom. The number of nitrogens with zero attached hydrogens (tertiary/aromatic N) is 2. The van der Waals surface area contributed by atoms with Crippen molar-refractivity contribution in [1.29, 1.82) is 0 Å². The van der Waals surface area contributed by atoms with E-state index >= 15 is 0 Å². The van der Waals surface area contributed by atoms with Crippen molar-refractivity contribution in [2.75, 3.05) is 59.4 Å². The highest BCUT2D eigenvalue weighted by Gasteiger charge is 2.27. The summed E-state index contributed by atoms with van der Waals surface area (Å²) in [7, 11) is -3.52. The second kappa shape index (κ2) is 10.7. The number of benzene rings is 2. The predicted molar refractivity (Wildman–Crippen MR) is 124 cm³/mol. The van der Waals surface area contributed by atoms with Gasteiger partial charge in [-0.15, -0.1) is 0 Å². The molecular weight excluding hydrogens is 486 g/mol. The zero-order chi connectivity index (χ0) is 24.9. The summed E-state index contributed by atoms with van der Waals surface area (Å²) in [4.78, 5) is 12.5. The molecule has 1 fully saturated rings. The Balaban J connectivity index is 1.66. The molecule has 1 amide bonds. The lowest BCUT2D eigenvalue weighted by atomic mass is 10.3. The SMILES string of the molecule is COc1ccc(S(=O)(=O)N(C)CC(=O)Nc2ccc(S(=O)(=O)N3CCOCC3)cc2)cc1OC. The average Bonchev–Trinajstić information content (AvgIpc) is 2.84. The summed E-state index contributed by atoms with van der Waals surface area (Å²) < 4.78 is 68.8. The van der Waals surface area contributed by atoms with Crippen LogP contribution in [0.4, 0.5) is 5.69 Å². The maximum absolute atomic E-state index is 12.9. The Morgan fingerprint density at radius 1 is 0.971 bits per heavy atom. The minimum atomic E-state index is -3.98. The molecule has 2 aromatic carbocycles. The second-order valence-electron chi connectivity index (χ2n) is 7.37. The third-order valence-electron chi connectivity index (χ3n) is 5.18. The number of methoxy groups -OCH3 is 2. The quantitative estimate of drug-likeness (QED) is 0.525. The van der Waals surface area contributed by atoms with Crippen LogP contribution in [-0.4, -0.2) is 85.5 Å². The first-order valence-corrected chi connectivity index (χ1v) is 13.1. The third-order valence-corrected chi connectivity index (χ3v) is 8.89. The van der Waals surface area contributed by atoms with E-state index in [0.717, 1.165) is 4.31 Å². The largest absolute Gasteiger partial charge is 0.493 e. The molecule has 1 aliphatic rings. The second-order valence-corrected chi connectivity index (χ2v) is 11.3. The number of anilines is 1. The minimum absolute atomic E-state index is 0.0573. The van der Waals surface area contributed by atoms with Gasteiger partial charge in [0.2, 0.25) is 26.0 Å². The first-order valence-electron chi connectivity index (χ1n) is 10.3. The van der Waals surface area contributed by atoms with Crippen molar-refractivity contribution in [2.45, 2.75) is 9.79 Å². The number of likely N-dealkylation sites (N-methyl/N-ethyl adjacent to an activating group) is 1. The van der Waals surface area contributed by atoms with E-state index < -0.39 is 32.5 Å². The molecule has 0 spiro atoms. The maximum Gasteiger partial charge on any atom is 0.243 e. The number of carbonyl (C=O) groups is 1. The zero-order valence-corrected chi connectivity index (χ0v) is 20.7. The van der Waals surface area contributed by atoms with Gasteiger partial charge in [0.1, 0.15) is 0 Å². The van der Waals surface area contributed by atoms with Crippen molar-refractivity contribution < 1.29 is 35.8 Å². The van der Waals surface area contributed by atoms with Gasteiger partial charge in [0.25, 0.3) is 0 Å². The molecule has 0 bridgehead atoms. The van der Waals surface area contributed by atoms with Crippen molar-refractivity contribution in [2.24, 2.45) is 0 Å². The molecule has 186 valence electrons. The number of sulfonamides is 2. The first-order chi connectivity index (χ1) is 16.1. The van der Waals surface area contributed by atoms with E-state index in [1.807, 2.05) is 0 Å². The highest BCUT2D eigenvalue weighted by Crippen LogP contribution is 2.30. The molecule has 0 radical (unpaired) electrons. The molecule has 0 unspecified atom stereocenters. The average molecular weight is 514 g/mol. The van der Waals surface area contributed by atoms with Crippen LogP contribution < -0.4 is 14.8 Å². The molecule has 0 saturated carbocycles. The standard InChI is InChI=1S/C21H27N3O8S2/c1-23(33(26,27)18-8-9-19(30-2)20(14-18)31-3)15-21(25)22-16-4-6-17(7-5-16)34(28,29)24-10-12-32-13-11-24/h4-9,14H,10-13,15H2,1-3H3,(H,22,25). The van der Waals surface area contributed by atoms with Crippen LogP contribution in [0.25, 0.3) is 0 Å². The van der Waals surface area contributed by atoms with Crippen LogP contribution in [-0.2, 0) is 29.6 Å². The molecule has 11 nitrogen and oxygen atoms in total. The molecule has 1 N–H and O–H groups in total. The third kappa shape index (κ3) is 5.67. The van der Waals surface area contributed by atoms with Crippen LogP contribution >= 0.6 is 0 Å². The predicted octanol–water partition coefficient (Wildman–Crippen LogP) is 0.984. The molecular formula is C21H27N3O8S2. The van der Waals surface area contributed by atoms with Crippen LogP contribution in [0.3, 0.4) is 0 Å². The highest BCUT2D eigenvalue weighted by atomic mass is 32.2. The van der Waals surface area contributed by atoms with Gasteiger partial charge in [-0.2, -0.15) is 8.61 Å². The van der Waals surface area contributed by atoms with Gasteiger partial charge in [-0.05, 0) is 36.4 Å². The number of carbonyl (C=O) groups excluding carboxylic acids is 1. The Bertz CT molecular complexity index is 1230. The summed E-state index contributed by atoms with van der Waals surface area (Å²) in [5.74, 6) is 0.0322. The van der Waals surface area contributed by atoms with Gasteiger partial charge in [-0.1, -0.05) is 0 Å². The van der Waals surface area contributed by atoms with Gasteiger partial charge >= 0.3 is 0 Å². The van der Waals surface area contributed by atoms with E-state index in [1.165, 1.54) is 68.0 Å². The molecule has 1 aliphatic heterocycles. The number of nitrogens with one attached hydrogen (secondary N) is 1. The van der Waals surface area contributed by atoms with E-state index in [1.54, 1.807) is 0 Å². The normalized spacial score (nSPS) is 15.2. The van der Waals surface area contributed by atoms with Crippen molar-refractivity contribution >= 4 is 31.6 Å². The fourth-order valence-corrected chi connectivity index (χ4v) is 5.84. The summed E-state index contributed by atoms with van der Waals surface area (Å²) in [6.07, 6.45) is 0. The number of amides is 1. The maximum atomic E-state index is 12.9. The number of rotatable bonds is 9. The molecule has 1 saturated heterocycles. The Morgan fingerprint density at radius 2 is 1.56 bits per heavy atom. The van der Waals surface area contributed by atoms with Gasteiger partial charge < -0.3 is 19.5 Å². The van der Waals surface area contributed by atoms with Gasteiger partial charge in [-0.25, -0.2) is 16.8 Å². The van der Waals surface area contributed by atoms with Crippen molar-refractivity contribution in [3.63, 3.8) is 0 Å². The molecule has 2 aromatic rings. The van der Waals surface area contributed by atoms with Gasteiger partial charge in [0.05, 0.1) is 43.8 Å². The van der Waals surface area contributed by atoms with Crippen LogP contribution in [0.15, 0.2) is 52.3 Å². The summed E-state index contributed by atoms with van der Waals surface area (Å²) >= 11 is 0. The van der Waals surface area contributed by atoms with Crippen LogP contribution in [0.5, 0.6) is 11.5 Å². The number of hydrogen-bond acceptors (Lipinski definition) is 8. The molecule has 3 rings (SSSR count). The van der Waals surface area contributed by atoms with Crippen molar-refractivity contribution in [3.8, 4) is 11.5 Å². The summed E-state index contributed by atoms with van der Waals surface area (Å²) in [6, 6.07) is 9.83. The molecule has 1 heterocycles. The Labute approximate surface area is 199 Å². The Kier molecular flexibility index (Phi) is 8.15. The van der Waals surface area contributed by atoms with E-state index in [2.05, 4.69) is 5.32 Å². The van der Waals surface area contributed by atoms with Crippen LogP contribution in [0, 0.1) is 0 Å². The molecule has 0 aliphatic carbocycles. The van der Waals surface area contributed by atoms with E-state index in [0.29, 0.717) is 24.7 Å². The first kappa shape index (κ1) is 25.9. The number of ether oxygens (including phenoxy) is 3. The molecule has 13 heteroatoms. The zero-order valence-electron chi connectivity index (χ0n) is 19.1. The van der Waals surface area contributed by atoms with Gasteiger partial charge in [-0.3, -0.25) is 4.79 Å². The lowest BCUT2D eigenvalue weighted by molar-refractivity contribution is -0.116. The van der Waals surface area contributed by atoms with Crippen LogP contribution in [0.1, 0.15) is 0 Å². The molecule has 0 atom stereocenters. The number of hydrogen-bond donors (Lipinski definition) is 1. The Hall–Kier alpha value is -2.71. The topological polar surface area (TPSA) is 132 Å². The smallest absolute Gasteiger partial charge is 0.243 e. The molecule has 0 aromatic heterocycles. The summed E-state index contributed by atoms with van der Waals surface area (Å²) in [5, 5.41) is 2.58. The molecule has 34 heavy (non-hydrogen) atoms. The van der Waals surface area contributed by atoms with E-state index in [-0.39, 0.29) is 28.6 Å². The summed E-state index contributed by atoms with van der Waals surface area (Å²) in [5.41, 5.74) is 0.336. The van der Waals surface area contributed by atoms with Gasteiger partial charge in [0.15, 0.2) is 11.5 Å². The van der Waals surface area contributed by atoms with Crippen molar-refractivity contribution in [3.05, 3.63) is 42.5 Å². The van der Waals surface area contributed by atoms with E-state index in [9.17, 15) is 21.6 Å². The van der Waals surface area contributed by atoms with Gasteiger partial charge in [0, 0.05) is 31.9 Å². The van der Waals surface area contributed by atoms with Crippen molar-refractivity contribution in [1.82, 2.24) is 8.61 Å². The fourth-order valence-electron chi connectivity index (χ4n) is 3.29. The lowest BCUT2D eigenvalue weighted by Gasteiger charge is -2.26. The minimum Gasteiger partial charge on any atom is -0.493 e. The summed E-state index contributed by atoms with van der Waals surface area (Å²) in [6.45, 7) is 0.786. The highest BCUT2D eigenvalue weighted by molar-refractivity contribution is 7.89. The lowest BCUT2D eigenvalue weighted by Crippen LogP contribution is -2.40. The monoisotopic (exact) mass is 513 g/mol. The fraction of sp³-hybridized carbons (Fsp3) is 0.381. The van der Waals surface area contributed by atoms with Crippen LogP contribution in [0.2, 0.25) is 0 Å².